The standard InChI is InChI=1S/C11H10F3N/c1-8-6-7-15(8)10-5-3-2-4-9(10)11(12,13)14/h2-5H,1,6-7H2. The van der Waals surface area contributed by atoms with Crippen molar-refractivity contribution in [1.29, 1.82) is 0 Å². The summed E-state index contributed by atoms with van der Waals surface area (Å²) in [5.41, 5.74) is 0.360. The van der Waals surface area contributed by atoms with Gasteiger partial charge in [-0.05, 0) is 12.1 Å². The van der Waals surface area contributed by atoms with Crippen molar-refractivity contribution in [2.45, 2.75) is 12.6 Å². The highest BCUT2D eigenvalue weighted by atomic mass is 19.4. The molecule has 0 unspecified atom stereocenters. The molecule has 0 aromatic heterocycles. The second kappa shape index (κ2) is 3.29. The molecule has 1 saturated heterocycles. The SMILES string of the molecule is C=C1CCN1c1ccccc1C(F)(F)F. The summed E-state index contributed by atoms with van der Waals surface area (Å²) in [6.45, 7) is 4.32. The molecule has 0 atom stereocenters. The van der Waals surface area contributed by atoms with Crippen LogP contribution in [0, 0.1) is 0 Å². The van der Waals surface area contributed by atoms with Crippen LogP contribution in [0.5, 0.6) is 0 Å². The predicted molar refractivity (Wildman–Crippen MR) is 52.5 cm³/mol. The summed E-state index contributed by atoms with van der Waals surface area (Å²) in [4.78, 5) is 1.60. The monoisotopic (exact) mass is 213 g/mol. The Hall–Kier alpha value is -1.45. The van der Waals surface area contributed by atoms with E-state index in [0.717, 1.165) is 18.2 Å². The lowest BCUT2D eigenvalue weighted by atomic mass is 10.1. The van der Waals surface area contributed by atoms with Gasteiger partial charge in [0.1, 0.15) is 0 Å². The molecule has 2 rings (SSSR count). The second-order valence-corrected chi connectivity index (χ2v) is 3.48. The van der Waals surface area contributed by atoms with Crippen molar-refractivity contribution >= 4 is 5.69 Å². The Balaban J connectivity index is 2.42. The summed E-state index contributed by atoms with van der Waals surface area (Å²) in [6, 6.07) is 5.58. The van der Waals surface area contributed by atoms with Gasteiger partial charge in [-0.15, -0.1) is 0 Å². The normalized spacial score (nSPS) is 16.5. The highest BCUT2D eigenvalue weighted by molar-refractivity contribution is 5.61. The number of anilines is 1. The molecule has 1 aromatic carbocycles. The largest absolute Gasteiger partial charge is 0.418 e. The number of hydrogen-bond acceptors (Lipinski definition) is 1. The van der Waals surface area contributed by atoms with Gasteiger partial charge in [0, 0.05) is 18.7 Å². The minimum atomic E-state index is -4.30. The Morgan fingerprint density at radius 1 is 1.20 bits per heavy atom. The van der Waals surface area contributed by atoms with E-state index in [2.05, 4.69) is 6.58 Å². The van der Waals surface area contributed by atoms with Gasteiger partial charge >= 0.3 is 6.18 Å². The van der Waals surface area contributed by atoms with Gasteiger partial charge in [-0.1, -0.05) is 18.7 Å². The zero-order valence-corrected chi connectivity index (χ0v) is 8.01. The van der Waals surface area contributed by atoms with Crippen LogP contribution >= 0.6 is 0 Å². The highest BCUT2D eigenvalue weighted by Crippen LogP contribution is 2.39. The summed E-state index contributed by atoms with van der Waals surface area (Å²) < 4.78 is 37.9. The van der Waals surface area contributed by atoms with E-state index in [0.29, 0.717) is 6.54 Å². The smallest absolute Gasteiger partial charge is 0.345 e. The molecule has 1 nitrogen and oxygen atoms in total. The van der Waals surface area contributed by atoms with Gasteiger partial charge in [0.25, 0.3) is 0 Å². The molecule has 1 fully saturated rings. The number of alkyl halides is 3. The summed E-state index contributed by atoms with van der Waals surface area (Å²) in [7, 11) is 0. The lowest BCUT2D eigenvalue weighted by Gasteiger charge is -2.37. The number of rotatable bonds is 1. The third kappa shape index (κ3) is 1.71. The van der Waals surface area contributed by atoms with Gasteiger partial charge < -0.3 is 4.90 Å². The Kier molecular flexibility index (Phi) is 2.21. The fourth-order valence-electron chi connectivity index (χ4n) is 1.62. The first-order valence-electron chi connectivity index (χ1n) is 4.61. The number of para-hydroxylation sites is 1. The van der Waals surface area contributed by atoms with Gasteiger partial charge in [-0.2, -0.15) is 13.2 Å². The minimum Gasteiger partial charge on any atom is -0.345 e. The van der Waals surface area contributed by atoms with E-state index in [1.807, 2.05) is 0 Å². The maximum absolute atomic E-state index is 12.6. The van der Waals surface area contributed by atoms with Crippen molar-refractivity contribution in [3.63, 3.8) is 0 Å². The Labute approximate surface area is 85.8 Å². The molecule has 0 saturated carbocycles. The van der Waals surface area contributed by atoms with Crippen LogP contribution < -0.4 is 4.90 Å². The van der Waals surface area contributed by atoms with Crippen LogP contribution in [0.3, 0.4) is 0 Å². The van der Waals surface area contributed by atoms with Crippen molar-refractivity contribution < 1.29 is 13.2 Å². The molecule has 1 aromatic rings. The predicted octanol–water partition coefficient (Wildman–Crippen LogP) is 3.43. The molecule has 0 amide bonds. The summed E-state index contributed by atoms with van der Waals surface area (Å²) in [5.74, 6) is 0. The molecular weight excluding hydrogens is 203 g/mol. The van der Waals surface area contributed by atoms with Crippen LogP contribution in [0.2, 0.25) is 0 Å². The van der Waals surface area contributed by atoms with Crippen LogP contribution in [0.25, 0.3) is 0 Å². The van der Waals surface area contributed by atoms with E-state index < -0.39 is 11.7 Å². The van der Waals surface area contributed by atoms with Crippen LogP contribution in [-0.2, 0) is 6.18 Å². The molecule has 0 aliphatic carbocycles. The first-order valence-corrected chi connectivity index (χ1v) is 4.61. The van der Waals surface area contributed by atoms with Crippen LogP contribution in [0.15, 0.2) is 36.5 Å². The fraction of sp³-hybridized carbons (Fsp3) is 0.273. The van der Waals surface area contributed by atoms with Crippen molar-refractivity contribution in [2.75, 3.05) is 11.4 Å². The van der Waals surface area contributed by atoms with Crippen molar-refractivity contribution in [3.8, 4) is 0 Å². The zero-order chi connectivity index (χ0) is 11.1. The van der Waals surface area contributed by atoms with E-state index in [9.17, 15) is 13.2 Å². The number of halogens is 3. The molecule has 1 heterocycles. The number of benzene rings is 1. The Morgan fingerprint density at radius 2 is 1.87 bits per heavy atom. The van der Waals surface area contributed by atoms with E-state index in [1.54, 1.807) is 11.0 Å². The van der Waals surface area contributed by atoms with Crippen LogP contribution in [0.4, 0.5) is 18.9 Å². The summed E-state index contributed by atoms with van der Waals surface area (Å²) >= 11 is 0. The van der Waals surface area contributed by atoms with Gasteiger partial charge in [0.05, 0.1) is 11.3 Å². The Bertz CT molecular complexity index is 395. The fourth-order valence-corrected chi connectivity index (χ4v) is 1.62. The number of nitrogens with zero attached hydrogens (tertiary/aromatic N) is 1. The quantitative estimate of drug-likeness (QED) is 0.690. The van der Waals surface area contributed by atoms with E-state index in [1.165, 1.54) is 12.1 Å². The maximum atomic E-state index is 12.6. The molecule has 15 heavy (non-hydrogen) atoms. The molecule has 0 N–H and O–H groups in total. The molecule has 4 heteroatoms. The molecule has 1 aliphatic rings. The topological polar surface area (TPSA) is 3.24 Å². The molecule has 0 radical (unpaired) electrons. The maximum Gasteiger partial charge on any atom is 0.418 e. The van der Waals surface area contributed by atoms with Gasteiger partial charge in [0.15, 0.2) is 0 Å². The third-order valence-corrected chi connectivity index (χ3v) is 2.51. The molecular formula is C11H10F3N. The van der Waals surface area contributed by atoms with E-state index >= 15 is 0 Å². The average molecular weight is 213 g/mol. The van der Waals surface area contributed by atoms with Crippen molar-refractivity contribution in [2.24, 2.45) is 0 Å². The van der Waals surface area contributed by atoms with Gasteiger partial charge in [0.2, 0.25) is 0 Å². The zero-order valence-electron chi connectivity index (χ0n) is 8.01. The second-order valence-electron chi connectivity index (χ2n) is 3.48. The molecule has 0 bridgehead atoms. The first kappa shape index (κ1) is 10.1. The van der Waals surface area contributed by atoms with Crippen LogP contribution in [-0.4, -0.2) is 6.54 Å². The lowest BCUT2D eigenvalue weighted by Crippen LogP contribution is -2.35. The Morgan fingerprint density at radius 3 is 2.33 bits per heavy atom. The summed E-state index contributed by atoms with van der Waals surface area (Å²) in [6.07, 6.45) is -3.53. The minimum absolute atomic E-state index is 0.209. The number of hydrogen-bond donors (Lipinski definition) is 0. The first-order chi connectivity index (χ1) is 7.00. The van der Waals surface area contributed by atoms with Crippen molar-refractivity contribution in [3.05, 3.63) is 42.1 Å². The highest BCUT2D eigenvalue weighted by Gasteiger charge is 2.36. The lowest BCUT2D eigenvalue weighted by molar-refractivity contribution is -0.137. The summed E-state index contributed by atoms with van der Waals surface area (Å²) in [5, 5.41) is 0. The van der Waals surface area contributed by atoms with E-state index in [4.69, 9.17) is 0 Å². The molecule has 1 aliphatic heterocycles. The van der Waals surface area contributed by atoms with Gasteiger partial charge in [-0.25, -0.2) is 0 Å². The average Bonchev–Trinajstić information content (AvgIpc) is 2.15. The third-order valence-electron chi connectivity index (χ3n) is 2.51. The molecule has 80 valence electrons. The molecule has 0 spiro atoms. The van der Waals surface area contributed by atoms with E-state index in [-0.39, 0.29) is 5.69 Å². The van der Waals surface area contributed by atoms with Crippen LogP contribution in [0.1, 0.15) is 12.0 Å². The van der Waals surface area contributed by atoms with Crippen molar-refractivity contribution in [1.82, 2.24) is 0 Å². The van der Waals surface area contributed by atoms with Gasteiger partial charge in [-0.3, -0.25) is 0 Å².